The van der Waals surface area contributed by atoms with Crippen LogP contribution in [0, 0.1) is 5.82 Å². The summed E-state index contributed by atoms with van der Waals surface area (Å²) in [6.45, 7) is 0.897. The largest absolute Gasteiger partial charge is 0.338 e. The monoisotopic (exact) mass is 411 g/mol. The smallest absolute Gasteiger partial charge is 0.253 e. The molecule has 150 valence electrons. The fourth-order valence-corrected chi connectivity index (χ4v) is 3.10. The maximum atomic E-state index is 15.5. The molecule has 1 amide bonds. The molecule has 1 saturated heterocycles. The molecule has 7 heteroatoms. The maximum absolute atomic E-state index is 15.5. The number of amides is 1. The summed E-state index contributed by atoms with van der Waals surface area (Å²) in [4.78, 5) is 18.0. The zero-order chi connectivity index (χ0) is 23.7. The number of hydrogen-bond acceptors (Lipinski definition) is 3. The molecule has 0 spiro atoms. The van der Waals surface area contributed by atoms with E-state index in [1.54, 1.807) is 12.1 Å². The molecule has 0 radical (unpaired) electrons. The molecule has 2 aromatic rings. The molecule has 1 unspecified atom stereocenters. The van der Waals surface area contributed by atoms with Crippen LogP contribution in [0.1, 0.15) is 46.8 Å². The molecule has 2 heterocycles. The second-order valence-corrected chi connectivity index (χ2v) is 7.05. The lowest BCUT2D eigenvalue weighted by atomic mass is 9.92. The molecule has 1 aliphatic rings. The summed E-state index contributed by atoms with van der Waals surface area (Å²) < 4.78 is 60.7. The first-order valence-electron chi connectivity index (χ1n) is 10.9. The van der Waals surface area contributed by atoms with Crippen molar-refractivity contribution in [3.63, 3.8) is 0 Å². The van der Waals surface area contributed by atoms with Gasteiger partial charge >= 0.3 is 0 Å². The minimum Gasteiger partial charge on any atom is -0.338 e. The summed E-state index contributed by atoms with van der Waals surface area (Å²) in [5.41, 5.74) is -1.09. The standard InChI is InChI=1S/C21H24ClF2N3O/c1-2-15-3-5-17(26-12-15)13-25-14-21(24)7-9-27(10-8-21)20(28)16-4-6-19(23)18(22)11-16/h3-6,11-12,25H,2,7-10,13-14H2,1H3/i2D2,7D2. The second kappa shape index (κ2) is 8.97. The number of hydrogen-bond donors (Lipinski definition) is 1. The molecule has 1 N–H and O–H groups in total. The second-order valence-electron chi connectivity index (χ2n) is 6.64. The highest BCUT2D eigenvalue weighted by atomic mass is 35.5. The summed E-state index contributed by atoms with van der Waals surface area (Å²) >= 11 is 5.72. The highest BCUT2D eigenvalue weighted by molar-refractivity contribution is 6.31. The molecule has 1 aliphatic heterocycles. The van der Waals surface area contributed by atoms with E-state index in [1.165, 1.54) is 30.2 Å². The van der Waals surface area contributed by atoms with Gasteiger partial charge in [0.1, 0.15) is 11.5 Å². The number of benzene rings is 1. The third-order valence-electron chi connectivity index (χ3n) is 4.64. The van der Waals surface area contributed by atoms with Gasteiger partial charge in [0.05, 0.1) is 10.7 Å². The van der Waals surface area contributed by atoms with Gasteiger partial charge in [-0.15, -0.1) is 0 Å². The number of halogens is 3. The van der Waals surface area contributed by atoms with Gasteiger partial charge in [0.25, 0.3) is 5.91 Å². The lowest BCUT2D eigenvalue weighted by molar-refractivity contribution is 0.0434. The lowest BCUT2D eigenvalue weighted by Crippen LogP contribution is -2.48. The van der Waals surface area contributed by atoms with E-state index in [1.807, 2.05) is 0 Å². The molecule has 1 aromatic carbocycles. The van der Waals surface area contributed by atoms with Crippen molar-refractivity contribution in [2.75, 3.05) is 19.6 Å². The number of aromatic nitrogens is 1. The normalized spacial score (nSPS) is 24.1. The average Bonchev–Trinajstić information content (AvgIpc) is 2.71. The minimum absolute atomic E-state index is 0.00402. The SMILES string of the molecule is [2H]C([2H])(C)c1ccc(CNCC2(F)CCN(C(=O)c3ccc(F)c(Cl)c3)CC2([2H])[2H])nc1. The summed E-state index contributed by atoms with van der Waals surface area (Å²) in [7, 11) is 0. The highest BCUT2D eigenvalue weighted by Gasteiger charge is 2.35. The van der Waals surface area contributed by atoms with Gasteiger partial charge in [0, 0.05) is 56.2 Å². The molecule has 1 aromatic heterocycles. The first kappa shape index (κ1) is 15.8. The van der Waals surface area contributed by atoms with E-state index < -0.39 is 36.7 Å². The molecule has 0 saturated carbocycles. The highest BCUT2D eigenvalue weighted by Crippen LogP contribution is 2.27. The molecule has 1 fully saturated rings. The Balaban J connectivity index is 1.60. The van der Waals surface area contributed by atoms with Crippen LogP contribution in [-0.4, -0.2) is 41.1 Å². The van der Waals surface area contributed by atoms with Crippen molar-refractivity contribution >= 4 is 17.5 Å². The van der Waals surface area contributed by atoms with Crippen molar-refractivity contribution in [2.45, 2.75) is 38.3 Å². The predicted molar refractivity (Wildman–Crippen MR) is 106 cm³/mol. The Morgan fingerprint density at radius 2 is 2.25 bits per heavy atom. The number of nitrogens with one attached hydrogen (secondary N) is 1. The van der Waals surface area contributed by atoms with E-state index in [2.05, 4.69) is 10.3 Å². The molecule has 1 atom stereocenters. The van der Waals surface area contributed by atoms with Gasteiger partial charge in [-0.1, -0.05) is 24.6 Å². The predicted octanol–water partition coefficient (Wildman–Crippen LogP) is 4.17. The van der Waals surface area contributed by atoms with Crippen LogP contribution < -0.4 is 5.32 Å². The zero-order valence-corrected chi connectivity index (χ0v) is 16.2. The van der Waals surface area contributed by atoms with Crippen LogP contribution in [0.25, 0.3) is 0 Å². The summed E-state index contributed by atoms with van der Waals surface area (Å²) in [6, 6.07) is 6.75. The number of nitrogens with zero attached hydrogens (tertiary/aromatic N) is 2. The van der Waals surface area contributed by atoms with Crippen molar-refractivity contribution in [3.8, 4) is 0 Å². The number of rotatable bonds is 6. The van der Waals surface area contributed by atoms with E-state index >= 15 is 4.39 Å². The number of carbonyl (C=O) groups is 1. The van der Waals surface area contributed by atoms with Crippen molar-refractivity contribution in [2.24, 2.45) is 0 Å². The maximum Gasteiger partial charge on any atom is 0.253 e. The number of alkyl halides is 1. The van der Waals surface area contributed by atoms with Gasteiger partial charge in [0.2, 0.25) is 0 Å². The van der Waals surface area contributed by atoms with Crippen LogP contribution in [0.2, 0.25) is 5.02 Å². The van der Waals surface area contributed by atoms with Gasteiger partial charge < -0.3 is 10.2 Å². The van der Waals surface area contributed by atoms with Crippen molar-refractivity contribution in [1.82, 2.24) is 15.2 Å². The van der Waals surface area contributed by atoms with Crippen molar-refractivity contribution in [1.29, 1.82) is 0 Å². The quantitative estimate of drug-likeness (QED) is 0.775. The Morgan fingerprint density at radius 3 is 2.89 bits per heavy atom. The number of pyridine rings is 1. The van der Waals surface area contributed by atoms with Crippen LogP contribution >= 0.6 is 11.6 Å². The molecular formula is C21H24ClF2N3O. The van der Waals surface area contributed by atoms with Gasteiger partial charge in [-0.25, -0.2) is 8.78 Å². The Bertz CT molecular complexity index is 988. The molecule has 28 heavy (non-hydrogen) atoms. The van der Waals surface area contributed by atoms with Crippen molar-refractivity contribution < 1.29 is 19.1 Å². The van der Waals surface area contributed by atoms with Gasteiger partial charge in [0.15, 0.2) is 0 Å². The number of carbonyl (C=O) groups excluding carboxylic acids is 1. The van der Waals surface area contributed by atoms with Gasteiger partial charge in [-0.2, -0.15) is 0 Å². The number of piperidine rings is 1. The van der Waals surface area contributed by atoms with E-state index in [4.69, 9.17) is 17.1 Å². The Labute approximate surface area is 174 Å². The lowest BCUT2D eigenvalue weighted by Gasteiger charge is -2.36. The Kier molecular flexibility index (Phi) is 5.07. The van der Waals surface area contributed by atoms with E-state index in [0.29, 0.717) is 11.3 Å². The third-order valence-corrected chi connectivity index (χ3v) is 4.93. The molecule has 0 aliphatic carbocycles. The van der Waals surface area contributed by atoms with Crippen LogP contribution in [0.15, 0.2) is 36.5 Å². The third kappa shape index (κ3) is 5.06. The first-order chi connectivity index (χ1) is 14.8. The van der Waals surface area contributed by atoms with E-state index in [-0.39, 0.29) is 36.6 Å². The number of aryl methyl sites for hydroxylation is 1. The van der Waals surface area contributed by atoms with Crippen LogP contribution in [0.3, 0.4) is 0 Å². The fraction of sp³-hybridized carbons (Fsp3) is 0.429. The molecule has 0 bridgehead atoms. The first-order valence-corrected chi connectivity index (χ1v) is 9.30. The van der Waals surface area contributed by atoms with Gasteiger partial charge in [-0.3, -0.25) is 9.78 Å². The Morgan fingerprint density at radius 1 is 1.43 bits per heavy atom. The van der Waals surface area contributed by atoms with Crippen LogP contribution in [0.4, 0.5) is 8.78 Å². The molecule has 3 rings (SSSR count). The van der Waals surface area contributed by atoms with Crippen molar-refractivity contribution in [3.05, 3.63) is 64.2 Å². The molecule has 4 nitrogen and oxygen atoms in total. The van der Waals surface area contributed by atoms with Crippen LogP contribution in [-0.2, 0) is 12.9 Å². The molecular weight excluding hydrogens is 384 g/mol. The zero-order valence-electron chi connectivity index (χ0n) is 19.4. The summed E-state index contributed by atoms with van der Waals surface area (Å²) in [6.07, 6.45) is -2.61. The fourth-order valence-electron chi connectivity index (χ4n) is 2.92. The average molecular weight is 412 g/mol. The minimum atomic E-state index is -2.31. The Hall–Kier alpha value is -2.05. The summed E-state index contributed by atoms with van der Waals surface area (Å²) in [5.74, 6) is -1.20. The van der Waals surface area contributed by atoms with E-state index in [0.717, 1.165) is 6.07 Å². The van der Waals surface area contributed by atoms with Crippen LogP contribution in [0.5, 0.6) is 0 Å². The number of likely N-dealkylation sites (tertiary alicyclic amines) is 1. The van der Waals surface area contributed by atoms with Gasteiger partial charge in [-0.05, 0) is 36.2 Å². The summed E-state index contributed by atoms with van der Waals surface area (Å²) in [5, 5.41) is 2.67. The topological polar surface area (TPSA) is 45.2 Å². The van der Waals surface area contributed by atoms with E-state index in [9.17, 15) is 9.18 Å².